The number of hydrogen-bond donors (Lipinski definition) is 4. The van der Waals surface area contributed by atoms with E-state index in [1.54, 1.807) is 0 Å². The van der Waals surface area contributed by atoms with Gasteiger partial charge in [-0.2, -0.15) is 0 Å². The predicted octanol–water partition coefficient (Wildman–Crippen LogP) is 3.42. The van der Waals surface area contributed by atoms with Crippen LogP contribution in [0.15, 0.2) is 0 Å². The predicted molar refractivity (Wildman–Crippen MR) is 100 cm³/mol. The van der Waals surface area contributed by atoms with Crippen LogP contribution in [-0.2, 0) is 9.68 Å². The molecule has 0 aliphatic heterocycles. The van der Waals surface area contributed by atoms with Crippen LogP contribution in [0.4, 0.5) is 0 Å². The van der Waals surface area contributed by atoms with E-state index < -0.39 is 5.97 Å². The van der Waals surface area contributed by atoms with Crippen molar-refractivity contribution in [2.45, 2.75) is 66.2 Å². The smallest absolute Gasteiger partial charge is 0.303 e. The highest BCUT2D eigenvalue weighted by Crippen LogP contribution is 2.26. The number of carbonyl (C=O) groups is 1. The summed E-state index contributed by atoms with van der Waals surface area (Å²) < 4.78 is 0. The Labute approximate surface area is 151 Å². The van der Waals surface area contributed by atoms with Gasteiger partial charge in [0.25, 0.3) is 0 Å². The third-order valence-electron chi connectivity index (χ3n) is 4.13. The molecule has 6 nitrogen and oxygen atoms in total. The number of hydrogen-bond acceptors (Lipinski definition) is 4. The summed E-state index contributed by atoms with van der Waals surface area (Å²) in [6.07, 6.45) is 4.75. The molecule has 0 saturated heterocycles. The lowest BCUT2D eigenvalue weighted by Gasteiger charge is -2.24. The molecule has 0 atom stereocenters. The topological polar surface area (TPSA) is 90.8 Å². The first-order valence-corrected chi connectivity index (χ1v) is 8.99. The molecule has 0 aromatic carbocycles. The molecular weight excluding hydrogens is 328 g/mol. The van der Waals surface area contributed by atoms with Crippen LogP contribution in [0.1, 0.15) is 66.2 Å². The molecule has 0 fully saturated rings. The summed E-state index contributed by atoms with van der Waals surface area (Å²) in [4.78, 5) is 14.9. The average molecular weight is 363 g/mol. The van der Waals surface area contributed by atoms with E-state index in [2.05, 4.69) is 29.4 Å². The van der Waals surface area contributed by atoms with Gasteiger partial charge in [0, 0.05) is 13.1 Å². The van der Waals surface area contributed by atoms with Gasteiger partial charge in [0.05, 0.1) is 13.0 Å². The van der Waals surface area contributed by atoms with Crippen molar-refractivity contribution < 1.29 is 20.0 Å². The Hall–Kier alpha value is -0.920. The van der Waals surface area contributed by atoms with Gasteiger partial charge < -0.3 is 15.7 Å². The zero-order valence-electron chi connectivity index (χ0n) is 15.5. The van der Waals surface area contributed by atoms with E-state index in [-0.39, 0.29) is 17.3 Å². The lowest BCUT2D eigenvalue weighted by Crippen LogP contribution is -2.36. The number of carboxylic acids is 1. The van der Waals surface area contributed by atoms with E-state index in [0.29, 0.717) is 11.7 Å². The van der Waals surface area contributed by atoms with Crippen molar-refractivity contribution in [3.8, 4) is 0 Å². The number of aliphatic carboxylic acids is 1. The van der Waals surface area contributed by atoms with Crippen molar-refractivity contribution >= 4 is 23.3 Å². The number of rotatable bonds is 13. The van der Waals surface area contributed by atoms with Gasteiger partial charge in [0.15, 0.2) is 5.11 Å². The molecule has 0 aliphatic rings. The van der Waals surface area contributed by atoms with E-state index in [1.807, 2.05) is 13.8 Å². The van der Waals surface area contributed by atoms with Crippen LogP contribution >= 0.6 is 12.2 Å². The third-order valence-corrected chi connectivity index (χ3v) is 4.42. The Morgan fingerprint density at radius 3 is 1.96 bits per heavy atom. The Balaban J connectivity index is 3.72. The second-order valence-corrected chi connectivity index (χ2v) is 8.28. The van der Waals surface area contributed by atoms with Crippen LogP contribution in [-0.4, -0.2) is 41.1 Å². The zero-order chi connectivity index (χ0) is 18.6. The van der Waals surface area contributed by atoms with Gasteiger partial charge in [-0.1, -0.05) is 27.7 Å². The van der Waals surface area contributed by atoms with Crippen molar-refractivity contribution in [1.29, 1.82) is 0 Å². The molecule has 0 aromatic rings. The summed E-state index contributed by atoms with van der Waals surface area (Å²) in [6.45, 7) is 10.2. The Morgan fingerprint density at radius 2 is 1.50 bits per heavy atom. The van der Waals surface area contributed by atoms with Crippen LogP contribution < -0.4 is 10.6 Å². The SMILES string of the molecule is CC(C)(CCCNC(=S)NCCCC(C)(C)CC(=O)O)CCOO. The average Bonchev–Trinajstić information content (AvgIpc) is 2.45. The van der Waals surface area contributed by atoms with Crippen molar-refractivity contribution in [2.24, 2.45) is 10.8 Å². The maximum Gasteiger partial charge on any atom is 0.303 e. The third kappa shape index (κ3) is 13.5. The van der Waals surface area contributed by atoms with Crippen LogP contribution in [0.3, 0.4) is 0 Å². The molecule has 24 heavy (non-hydrogen) atoms. The van der Waals surface area contributed by atoms with Crippen LogP contribution in [0.2, 0.25) is 0 Å². The summed E-state index contributed by atoms with van der Waals surface area (Å²) in [5, 5.41) is 24.2. The maximum absolute atomic E-state index is 10.8. The van der Waals surface area contributed by atoms with E-state index in [4.69, 9.17) is 22.6 Å². The molecule has 142 valence electrons. The molecule has 0 radical (unpaired) electrons. The summed E-state index contributed by atoms with van der Waals surface area (Å²) in [5.74, 6) is -0.751. The molecule has 0 heterocycles. The lowest BCUT2D eigenvalue weighted by molar-refractivity contribution is -0.246. The highest BCUT2D eigenvalue weighted by atomic mass is 32.1. The van der Waals surface area contributed by atoms with Crippen LogP contribution in [0.5, 0.6) is 0 Å². The first-order chi connectivity index (χ1) is 11.1. The molecule has 0 rings (SSSR count). The quantitative estimate of drug-likeness (QED) is 0.173. The first-order valence-electron chi connectivity index (χ1n) is 8.58. The molecule has 0 amide bonds. The van der Waals surface area contributed by atoms with E-state index >= 15 is 0 Å². The minimum absolute atomic E-state index is 0.134. The van der Waals surface area contributed by atoms with E-state index in [0.717, 1.165) is 45.2 Å². The zero-order valence-corrected chi connectivity index (χ0v) is 16.3. The van der Waals surface area contributed by atoms with Gasteiger partial charge in [-0.3, -0.25) is 10.1 Å². The maximum atomic E-state index is 10.8. The molecule has 4 N–H and O–H groups in total. The van der Waals surface area contributed by atoms with E-state index in [1.165, 1.54) is 0 Å². The van der Waals surface area contributed by atoms with Gasteiger partial charge >= 0.3 is 5.97 Å². The van der Waals surface area contributed by atoms with Crippen LogP contribution in [0.25, 0.3) is 0 Å². The summed E-state index contributed by atoms with van der Waals surface area (Å²) in [5.41, 5.74) is -0.0540. The number of nitrogens with one attached hydrogen (secondary N) is 2. The Morgan fingerprint density at radius 1 is 1.00 bits per heavy atom. The summed E-state index contributed by atoms with van der Waals surface area (Å²) in [7, 11) is 0. The van der Waals surface area contributed by atoms with Gasteiger partial charge in [-0.05, 0) is 55.2 Å². The normalized spacial score (nSPS) is 12.0. The van der Waals surface area contributed by atoms with Crippen molar-refractivity contribution in [3.05, 3.63) is 0 Å². The first kappa shape index (κ1) is 23.1. The highest BCUT2D eigenvalue weighted by molar-refractivity contribution is 7.80. The summed E-state index contributed by atoms with van der Waals surface area (Å²) in [6, 6.07) is 0. The monoisotopic (exact) mass is 362 g/mol. The molecule has 0 saturated carbocycles. The van der Waals surface area contributed by atoms with Gasteiger partial charge in [0.2, 0.25) is 0 Å². The molecule has 0 aliphatic carbocycles. The minimum Gasteiger partial charge on any atom is -0.481 e. The molecular formula is C17H34N2O4S. The standard InChI is InChI=1S/C17H34N2O4S/c1-16(2,9-12-23-22)7-5-10-18-15(24)19-11-6-8-17(3,4)13-14(20)21/h22H,5-13H2,1-4H3,(H,20,21)(H2,18,19,24). The number of carboxylic acid groups (broad SMARTS) is 1. The number of thiocarbonyl (C=S) groups is 1. The fraction of sp³-hybridized carbons (Fsp3) is 0.882. The molecule has 0 bridgehead atoms. The van der Waals surface area contributed by atoms with Crippen molar-refractivity contribution in [3.63, 3.8) is 0 Å². The fourth-order valence-electron chi connectivity index (χ4n) is 2.54. The van der Waals surface area contributed by atoms with Crippen molar-refractivity contribution in [1.82, 2.24) is 10.6 Å². The molecule has 0 spiro atoms. The second kappa shape index (κ2) is 11.6. The molecule has 0 unspecified atom stereocenters. The van der Waals surface area contributed by atoms with Gasteiger partial charge in [-0.15, -0.1) is 0 Å². The van der Waals surface area contributed by atoms with Crippen molar-refractivity contribution in [2.75, 3.05) is 19.7 Å². The van der Waals surface area contributed by atoms with Crippen LogP contribution in [0, 0.1) is 10.8 Å². The highest BCUT2D eigenvalue weighted by Gasteiger charge is 2.21. The molecule has 0 aromatic heterocycles. The largest absolute Gasteiger partial charge is 0.481 e. The fourth-order valence-corrected chi connectivity index (χ4v) is 2.75. The van der Waals surface area contributed by atoms with Gasteiger partial charge in [0.1, 0.15) is 0 Å². The van der Waals surface area contributed by atoms with E-state index in [9.17, 15) is 4.79 Å². The second-order valence-electron chi connectivity index (χ2n) is 7.87. The van der Waals surface area contributed by atoms with Gasteiger partial charge in [-0.25, -0.2) is 4.89 Å². The minimum atomic E-state index is -0.751. The molecule has 7 heteroatoms. The summed E-state index contributed by atoms with van der Waals surface area (Å²) >= 11 is 5.24. The lowest BCUT2D eigenvalue weighted by atomic mass is 9.84. The Bertz CT molecular complexity index is 387. The Kier molecular flexibility index (Phi) is 11.2.